The molecule has 2 aromatic rings. The molecule has 186 valence electrons. The molecule has 2 unspecified atom stereocenters. The number of imidazole rings is 1. The number of fused-ring (bicyclic) bond motifs is 1. The normalized spacial score (nSPS) is 24.2. The first-order chi connectivity index (χ1) is 16.4. The molecule has 0 spiro atoms. The van der Waals surface area contributed by atoms with Crippen molar-refractivity contribution in [2.75, 3.05) is 26.7 Å². The molecule has 2 heterocycles. The van der Waals surface area contributed by atoms with E-state index in [4.69, 9.17) is 21.2 Å². The van der Waals surface area contributed by atoms with Crippen molar-refractivity contribution < 1.29 is 14.4 Å². The number of piperidine rings is 1. The van der Waals surface area contributed by atoms with Gasteiger partial charge in [0.2, 0.25) is 0 Å². The summed E-state index contributed by atoms with van der Waals surface area (Å²) in [4.78, 5) is 34.9. The van der Waals surface area contributed by atoms with Crippen LogP contribution in [0.25, 0.3) is 0 Å². The zero-order valence-corrected chi connectivity index (χ0v) is 21.3. The highest BCUT2D eigenvalue weighted by Gasteiger charge is 2.67. The van der Waals surface area contributed by atoms with Gasteiger partial charge in [-0.25, -0.2) is 4.98 Å². The summed E-state index contributed by atoms with van der Waals surface area (Å²) < 4.78 is 1.96. The highest BCUT2D eigenvalue weighted by atomic mass is 35.5. The van der Waals surface area contributed by atoms with Crippen LogP contribution in [0.2, 0.25) is 5.02 Å². The van der Waals surface area contributed by atoms with Crippen molar-refractivity contribution >= 4 is 31.1 Å². The lowest BCUT2D eigenvalue weighted by molar-refractivity contribution is -0.0987. The summed E-state index contributed by atoms with van der Waals surface area (Å²) in [6.45, 7) is 9.30. The number of hydrogen-bond donors (Lipinski definition) is 1. The monoisotopic (exact) mass is 488 g/mol. The van der Waals surface area contributed by atoms with Gasteiger partial charge < -0.3 is 24.4 Å². The van der Waals surface area contributed by atoms with Gasteiger partial charge in [-0.3, -0.25) is 4.79 Å². The Balaban J connectivity index is 0.000000286. The third kappa shape index (κ3) is 6.76. The average Bonchev–Trinajstić information content (AvgIpc) is 3.65. The molecule has 1 aromatic carbocycles. The number of aryl methyl sites for hydroxylation is 2. The average molecular weight is 489 g/mol. The molecule has 8 heteroatoms. The van der Waals surface area contributed by atoms with Gasteiger partial charge in [-0.15, -0.1) is 0 Å². The topological polar surface area (TPSA) is 84.3 Å². The summed E-state index contributed by atoms with van der Waals surface area (Å²) in [5.74, 6) is 2.45. The molecule has 3 fully saturated rings. The first-order valence-electron chi connectivity index (χ1n) is 11.7. The van der Waals surface area contributed by atoms with Gasteiger partial charge in [0.05, 0.1) is 22.6 Å². The van der Waals surface area contributed by atoms with Crippen molar-refractivity contribution in [2.45, 2.75) is 32.6 Å². The number of likely N-dealkylation sites (tertiary alicyclic amines) is 1. The molecule has 34 heavy (non-hydrogen) atoms. The van der Waals surface area contributed by atoms with E-state index in [0.717, 1.165) is 36.4 Å². The van der Waals surface area contributed by atoms with E-state index in [9.17, 15) is 4.79 Å². The molecule has 5 rings (SSSR count). The summed E-state index contributed by atoms with van der Waals surface area (Å²) in [6, 6.07) is 7.29. The maximum absolute atomic E-state index is 12.4. The van der Waals surface area contributed by atoms with Crippen LogP contribution >= 0.6 is 11.6 Å². The van der Waals surface area contributed by atoms with Gasteiger partial charge in [0.25, 0.3) is 5.91 Å². The van der Waals surface area contributed by atoms with Crippen molar-refractivity contribution in [1.82, 2.24) is 19.8 Å². The first-order valence-corrected chi connectivity index (χ1v) is 12.1. The molecule has 2 saturated carbocycles. The fraction of sp³-hybridized carbons (Fsp3) is 0.538. The highest BCUT2D eigenvalue weighted by Crippen LogP contribution is 2.66. The second-order valence-electron chi connectivity index (χ2n) is 9.36. The van der Waals surface area contributed by atoms with E-state index in [0.29, 0.717) is 16.0 Å². The Morgan fingerprint density at radius 3 is 2.24 bits per heavy atom. The van der Waals surface area contributed by atoms with Gasteiger partial charge in [0.1, 0.15) is 13.6 Å². The Morgan fingerprint density at radius 1 is 1.15 bits per heavy atom. The maximum atomic E-state index is 12.4. The number of carbonyl (C=O) groups excluding carboxylic acids is 3. The molecule has 1 N–H and O–H groups in total. The zero-order valence-electron chi connectivity index (χ0n) is 20.5. The van der Waals surface area contributed by atoms with E-state index < -0.39 is 0 Å². The number of amides is 1. The molecule has 0 bridgehead atoms. The van der Waals surface area contributed by atoms with Crippen LogP contribution in [-0.2, 0) is 23.1 Å². The number of nitrogens with zero attached hydrogens (tertiary/aromatic N) is 3. The minimum atomic E-state index is -0.0286. The number of hydrogen-bond acceptors (Lipinski definition) is 5. The summed E-state index contributed by atoms with van der Waals surface area (Å²) in [6.07, 6.45) is 8.95. The van der Waals surface area contributed by atoms with Crippen LogP contribution in [0.4, 0.5) is 0 Å². The second kappa shape index (κ2) is 12.8. The van der Waals surface area contributed by atoms with Crippen LogP contribution in [0.15, 0.2) is 36.8 Å². The third-order valence-corrected chi connectivity index (χ3v) is 7.38. The number of nitrogens with one attached hydrogen (secondary N) is 1. The fourth-order valence-corrected chi connectivity index (χ4v) is 5.39. The Kier molecular flexibility index (Phi) is 10.5. The summed E-state index contributed by atoms with van der Waals surface area (Å²) in [5, 5.41) is 3.71. The molecule has 0 radical (unpaired) electrons. The standard InChI is InChI=1S/C18H23ClN2O.C6H10N2.2CH2O/c1-21-9-14-15(10-21)18(14,8-12-6-7-12)11-20-17(22)13-4-2-3-5-16(13)19;1-3-6-4-8(2)5-7-6;2*1-2/h2-5,12,14-15H,6-11H2,1H3,(H,20,22);4-5H,3H2,1-2H3;2*1H2. The summed E-state index contributed by atoms with van der Waals surface area (Å²) in [7, 11) is 4.18. The first kappa shape index (κ1) is 27.7. The number of carbonyl (C=O) groups is 3. The molecule has 3 aliphatic rings. The van der Waals surface area contributed by atoms with E-state index in [1.165, 1.54) is 32.4 Å². The van der Waals surface area contributed by atoms with E-state index in [2.05, 4.69) is 29.2 Å². The van der Waals surface area contributed by atoms with Crippen LogP contribution in [0.5, 0.6) is 0 Å². The molecule has 2 atom stereocenters. The Morgan fingerprint density at radius 2 is 1.76 bits per heavy atom. The number of rotatable bonds is 6. The van der Waals surface area contributed by atoms with Crippen LogP contribution in [0, 0.1) is 23.2 Å². The lowest BCUT2D eigenvalue weighted by atomic mass is 9.92. The maximum Gasteiger partial charge on any atom is 0.252 e. The van der Waals surface area contributed by atoms with Crippen molar-refractivity contribution in [3.8, 4) is 0 Å². The van der Waals surface area contributed by atoms with Crippen LogP contribution < -0.4 is 5.32 Å². The summed E-state index contributed by atoms with van der Waals surface area (Å²) in [5.41, 5.74) is 2.12. The van der Waals surface area contributed by atoms with Crippen molar-refractivity contribution in [2.24, 2.45) is 30.2 Å². The van der Waals surface area contributed by atoms with Crippen molar-refractivity contribution in [3.63, 3.8) is 0 Å². The lowest BCUT2D eigenvalue weighted by Gasteiger charge is -2.25. The Hall–Kier alpha value is -2.51. The van der Waals surface area contributed by atoms with Crippen molar-refractivity contribution in [3.05, 3.63) is 53.1 Å². The van der Waals surface area contributed by atoms with Crippen molar-refractivity contribution in [1.29, 1.82) is 0 Å². The predicted molar refractivity (Wildman–Crippen MR) is 135 cm³/mol. The highest BCUT2D eigenvalue weighted by molar-refractivity contribution is 6.33. The van der Waals surface area contributed by atoms with Gasteiger partial charge in [-0.2, -0.15) is 0 Å². The number of aromatic nitrogens is 2. The zero-order chi connectivity index (χ0) is 25.3. The van der Waals surface area contributed by atoms with E-state index in [1.807, 2.05) is 49.8 Å². The molecule has 1 saturated heterocycles. The fourth-order valence-electron chi connectivity index (χ4n) is 5.17. The molecular weight excluding hydrogens is 452 g/mol. The van der Waals surface area contributed by atoms with E-state index in [1.54, 1.807) is 12.1 Å². The molecular formula is C26H37ClN4O3. The van der Waals surface area contributed by atoms with Crippen LogP contribution in [-0.4, -0.2) is 60.6 Å². The molecule has 1 aliphatic heterocycles. The van der Waals surface area contributed by atoms with E-state index in [-0.39, 0.29) is 5.91 Å². The molecule has 2 aliphatic carbocycles. The van der Waals surface area contributed by atoms with Gasteiger partial charge in [0.15, 0.2) is 0 Å². The van der Waals surface area contributed by atoms with Gasteiger partial charge in [-0.05, 0) is 55.2 Å². The van der Waals surface area contributed by atoms with Crippen LogP contribution in [0.1, 0.15) is 42.2 Å². The van der Waals surface area contributed by atoms with Gasteiger partial charge >= 0.3 is 0 Å². The minimum Gasteiger partial charge on any atom is -0.351 e. The number of halogens is 1. The Labute approximate surface area is 207 Å². The van der Waals surface area contributed by atoms with E-state index >= 15 is 0 Å². The molecule has 7 nitrogen and oxygen atoms in total. The predicted octanol–water partition coefficient (Wildman–Crippen LogP) is 3.66. The smallest absolute Gasteiger partial charge is 0.252 e. The molecule has 1 aromatic heterocycles. The largest absolute Gasteiger partial charge is 0.351 e. The quantitative estimate of drug-likeness (QED) is 0.670. The second-order valence-corrected chi connectivity index (χ2v) is 9.77. The minimum absolute atomic E-state index is 0.0286. The third-order valence-electron chi connectivity index (χ3n) is 7.05. The SMILES string of the molecule is C=O.C=O.CCc1cn(C)cn1.CN1CC2C(C1)C2(CNC(=O)c1ccccc1Cl)CC1CC1. The van der Waals surface area contributed by atoms with Gasteiger partial charge in [0, 0.05) is 32.9 Å². The van der Waals surface area contributed by atoms with Gasteiger partial charge in [-0.1, -0.05) is 43.5 Å². The summed E-state index contributed by atoms with van der Waals surface area (Å²) >= 11 is 6.13. The van der Waals surface area contributed by atoms with Crippen LogP contribution in [0.3, 0.4) is 0 Å². The lowest BCUT2D eigenvalue weighted by Crippen LogP contribution is -2.36. The molecule has 1 amide bonds. The number of benzene rings is 1. The Bertz CT molecular complexity index is 916.